The minimum atomic E-state index is -4.55. The number of aromatic nitrogens is 2. The molecule has 0 radical (unpaired) electrons. The summed E-state index contributed by atoms with van der Waals surface area (Å²) < 4.78 is 39.9. The maximum Gasteiger partial charge on any atom is 0.396 e. The number of halogens is 5. The third-order valence-electron chi connectivity index (χ3n) is 3.91. The molecule has 0 fully saturated rings. The van der Waals surface area contributed by atoms with Crippen LogP contribution in [0.25, 0.3) is 11.0 Å². The van der Waals surface area contributed by atoms with Crippen molar-refractivity contribution in [1.82, 2.24) is 9.55 Å². The quantitative estimate of drug-likeness (QED) is 0.314. The van der Waals surface area contributed by atoms with Gasteiger partial charge in [0.2, 0.25) is 0 Å². The Balaban J connectivity index is 2.06. The highest BCUT2D eigenvalue weighted by Gasteiger charge is 2.31. The highest BCUT2D eigenvalue weighted by atomic mass is 35.5. The molecule has 0 saturated heterocycles. The van der Waals surface area contributed by atoms with Crippen molar-refractivity contribution in [2.45, 2.75) is 19.1 Å². The highest BCUT2D eigenvalue weighted by Crippen LogP contribution is 2.30. The standard InChI is InChI=1S/C17H10Cl2F3N3O3/c18-11-5-13-14(6-12(11)19)24(16(23-13)7-17(20,21)22)8-15(26)9-2-1-3-10(4-9)25(27)28/h1-6H,7-8H2. The molecular formula is C17H10Cl2F3N3O3. The van der Waals surface area contributed by atoms with Gasteiger partial charge in [-0.1, -0.05) is 35.3 Å². The maximum atomic E-state index is 12.9. The summed E-state index contributed by atoms with van der Waals surface area (Å²) in [7, 11) is 0. The lowest BCUT2D eigenvalue weighted by Gasteiger charge is -2.11. The molecule has 28 heavy (non-hydrogen) atoms. The van der Waals surface area contributed by atoms with Gasteiger partial charge in [0, 0.05) is 17.7 Å². The first-order valence-corrected chi connectivity index (χ1v) is 8.49. The van der Waals surface area contributed by atoms with Gasteiger partial charge >= 0.3 is 6.18 Å². The van der Waals surface area contributed by atoms with E-state index in [9.17, 15) is 28.1 Å². The molecule has 2 aromatic carbocycles. The van der Waals surface area contributed by atoms with Crippen molar-refractivity contribution in [2.24, 2.45) is 0 Å². The molecule has 0 aliphatic rings. The average molecular weight is 432 g/mol. The molecule has 1 aromatic heterocycles. The number of hydrogen-bond acceptors (Lipinski definition) is 4. The number of carbonyl (C=O) groups excluding carboxylic acids is 1. The Morgan fingerprint density at radius 3 is 2.50 bits per heavy atom. The molecule has 0 amide bonds. The normalized spacial score (nSPS) is 11.8. The number of hydrogen-bond donors (Lipinski definition) is 0. The van der Waals surface area contributed by atoms with E-state index in [0.29, 0.717) is 0 Å². The molecule has 0 atom stereocenters. The van der Waals surface area contributed by atoms with Crippen LogP contribution < -0.4 is 0 Å². The summed E-state index contributed by atoms with van der Waals surface area (Å²) >= 11 is 11.9. The van der Waals surface area contributed by atoms with Crippen molar-refractivity contribution in [3.8, 4) is 0 Å². The predicted molar refractivity (Wildman–Crippen MR) is 96.9 cm³/mol. The number of Topliss-reactive ketones (excluding diaryl/α,β-unsaturated/α-hetero) is 1. The van der Waals surface area contributed by atoms with Gasteiger partial charge in [-0.15, -0.1) is 0 Å². The van der Waals surface area contributed by atoms with Crippen LogP contribution in [0.15, 0.2) is 36.4 Å². The Morgan fingerprint density at radius 2 is 1.86 bits per heavy atom. The largest absolute Gasteiger partial charge is 0.396 e. The van der Waals surface area contributed by atoms with Crippen LogP contribution in [0.1, 0.15) is 16.2 Å². The number of nitrogens with zero attached hydrogens (tertiary/aromatic N) is 3. The van der Waals surface area contributed by atoms with Crippen LogP contribution in [0.5, 0.6) is 0 Å². The van der Waals surface area contributed by atoms with Crippen LogP contribution in [0.2, 0.25) is 10.0 Å². The van der Waals surface area contributed by atoms with Gasteiger partial charge in [0.1, 0.15) is 12.2 Å². The first kappa shape index (κ1) is 20.1. The molecule has 3 aromatic rings. The van der Waals surface area contributed by atoms with Gasteiger partial charge in [0.25, 0.3) is 5.69 Å². The lowest BCUT2D eigenvalue weighted by molar-refractivity contribution is -0.384. The zero-order chi connectivity index (χ0) is 20.6. The molecule has 0 spiro atoms. The average Bonchev–Trinajstić information content (AvgIpc) is 2.90. The van der Waals surface area contributed by atoms with Crippen LogP contribution in [-0.2, 0) is 13.0 Å². The van der Waals surface area contributed by atoms with E-state index >= 15 is 0 Å². The fourth-order valence-electron chi connectivity index (χ4n) is 2.69. The smallest absolute Gasteiger partial charge is 0.320 e. The SMILES string of the molecule is O=C(Cn1c(CC(F)(F)F)nc2cc(Cl)c(Cl)cc21)c1cccc([N+](=O)[O-])c1. The van der Waals surface area contributed by atoms with Crippen molar-refractivity contribution in [2.75, 3.05) is 0 Å². The van der Waals surface area contributed by atoms with Crippen LogP contribution >= 0.6 is 23.2 Å². The van der Waals surface area contributed by atoms with E-state index in [2.05, 4.69) is 4.98 Å². The van der Waals surface area contributed by atoms with E-state index < -0.39 is 29.8 Å². The van der Waals surface area contributed by atoms with Crippen LogP contribution in [0, 0.1) is 10.1 Å². The van der Waals surface area contributed by atoms with Gasteiger partial charge in [-0.3, -0.25) is 14.9 Å². The third-order valence-corrected chi connectivity index (χ3v) is 4.63. The van der Waals surface area contributed by atoms with Crippen molar-refractivity contribution in [3.05, 3.63) is 67.9 Å². The Labute approximate surface area is 165 Å². The van der Waals surface area contributed by atoms with E-state index in [4.69, 9.17) is 23.2 Å². The van der Waals surface area contributed by atoms with Gasteiger partial charge in [0.05, 0.1) is 32.5 Å². The molecule has 1 heterocycles. The fraction of sp³-hybridized carbons (Fsp3) is 0.176. The minimum Gasteiger partial charge on any atom is -0.320 e. The van der Waals surface area contributed by atoms with Crippen LogP contribution in [0.4, 0.5) is 18.9 Å². The summed E-state index contributed by atoms with van der Waals surface area (Å²) in [4.78, 5) is 26.7. The highest BCUT2D eigenvalue weighted by molar-refractivity contribution is 6.42. The number of nitro benzene ring substituents is 1. The Bertz CT molecular complexity index is 1100. The number of nitro groups is 1. The van der Waals surface area contributed by atoms with Gasteiger partial charge in [-0.25, -0.2) is 4.98 Å². The lowest BCUT2D eigenvalue weighted by atomic mass is 10.1. The third kappa shape index (κ3) is 4.26. The summed E-state index contributed by atoms with van der Waals surface area (Å²) in [5.74, 6) is -1.00. The fourth-order valence-corrected chi connectivity index (χ4v) is 3.00. The van der Waals surface area contributed by atoms with Gasteiger partial charge in [-0.05, 0) is 12.1 Å². The zero-order valence-electron chi connectivity index (χ0n) is 13.8. The summed E-state index contributed by atoms with van der Waals surface area (Å²) in [5.41, 5.74) is 0.0497. The molecule has 3 rings (SSSR count). The van der Waals surface area contributed by atoms with Crippen LogP contribution in [0.3, 0.4) is 0 Å². The molecule has 146 valence electrons. The van der Waals surface area contributed by atoms with Crippen molar-refractivity contribution in [3.63, 3.8) is 0 Å². The molecule has 0 bridgehead atoms. The zero-order valence-corrected chi connectivity index (χ0v) is 15.3. The number of ketones is 1. The molecule has 0 N–H and O–H groups in total. The Morgan fingerprint density at radius 1 is 1.18 bits per heavy atom. The van der Waals surface area contributed by atoms with Crippen molar-refractivity contribution >= 4 is 45.7 Å². The van der Waals surface area contributed by atoms with Gasteiger partial charge in [0.15, 0.2) is 5.78 Å². The van der Waals surface area contributed by atoms with E-state index in [1.165, 1.54) is 30.3 Å². The number of carbonyl (C=O) groups is 1. The molecule has 0 unspecified atom stereocenters. The summed E-state index contributed by atoms with van der Waals surface area (Å²) in [6, 6.07) is 7.58. The van der Waals surface area contributed by atoms with E-state index in [-0.39, 0.29) is 38.2 Å². The predicted octanol–water partition coefficient (Wildman–Crippen LogP) is 5.24. The summed E-state index contributed by atoms with van der Waals surface area (Å²) in [6.45, 7) is -0.499. The minimum absolute atomic E-state index is 0.00549. The Kier molecular flexibility index (Phi) is 5.31. The topological polar surface area (TPSA) is 78.0 Å². The number of non-ortho nitro benzene ring substituents is 1. The van der Waals surface area contributed by atoms with Crippen molar-refractivity contribution in [1.29, 1.82) is 0 Å². The first-order chi connectivity index (χ1) is 13.0. The second-order valence-electron chi connectivity index (χ2n) is 5.89. The number of fused-ring (bicyclic) bond motifs is 1. The Hall–Kier alpha value is -2.65. The number of benzene rings is 2. The molecular weight excluding hydrogens is 422 g/mol. The van der Waals surface area contributed by atoms with Gasteiger partial charge < -0.3 is 4.57 Å². The number of imidazole rings is 1. The molecule has 0 saturated carbocycles. The molecule has 0 aliphatic heterocycles. The summed E-state index contributed by atoms with van der Waals surface area (Å²) in [5, 5.41) is 11.1. The first-order valence-electron chi connectivity index (χ1n) is 7.74. The second-order valence-corrected chi connectivity index (χ2v) is 6.71. The second kappa shape index (κ2) is 7.40. The molecule has 11 heteroatoms. The van der Waals surface area contributed by atoms with E-state index in [0.717, 1.165) is 10.6 Å². The number of alkyl halides is 3. The van der Waals surface area contributed by atoms with Crippen LogP contribution in [-0.4, -0.2) is 26.4 Å². The van der Waals surface area contributed by atoms with Crippen molar-refractivity contribution < 1.29 is 22.9 Å². The molecule has 6 nitrogen and oxygen atoms in total. The summed E-state index contributed by atoms with van der Waals surface area (Å²) in [6.07, 6.45) is -5.92. The number of rotatable bonds is 5. The van der Waals surface area contributed by atoms with Gasteiger partial charge in [-0.2, -0.15) is 13.2 Å². The van der Waals surface area contributed by atoms with E-state index in [1.54, 1.807) is 0 Å². The maximum absolute atomic E-state index is 12.9. The lowest BCUT2D eigenvalue weighted by Crippen LogP contribution is -2.19. The van der Waals surface area contributed by atoms with E-state index in [1.807, 2.05) is 0 Å². The molecule has 0 aliphatic carbocycles. The monoisotopic (exact) mass is 431 g/mol.